The molecule has 0 aliphatic heterocycles. The van der Waals surface area contributed by atoms with E-state index in [2.05, 4.69) is 4.74 Å². The van der Waals surface area contributed by atoms with Gasteiger partial charge in [0.2, 0.25) is 0 Å². The molecule has 0 aromatic rings. The first-order chi connectivity index (χ1) is 6.07. The number of ketones is 1. The van der Waals surface area contributed by atoms with Crippen molar-refractivity contribution in [3.05, 3.63) is 11.3 Å². The van der Waals surface area contributed by atoms with Crippen molar-refractivity contribution < 1.29 is 19.4 Å². The summed E-state index contributed by atoms with van der Waals surface area (Å²) >= 11 is 0. The quantitative estimate of drug-likeness (QED) is 0.487. The molecule has 1 N–H and O–H groups in total. The van der Waals surface area contributed by atoms with Crippen LogP contribution in [0.2, 0.25) is 0 Å². The van der Waals surface area contributed by atoms with Gasteiger partial charge in [0.25, 0.3) is 0 Å². The van der Waals surface area contributed by atoms with E-state index in [-0.39, 0.29) is 17.1 Å². The third-order valence-corrected chi connectivity index (χ3v) is 2.27. The maximum absolute atomic E-state index is 11.4. The van der Waals surface area contributed by atoms with Gasteiger partial charge in [-0.1, -0.05) is 0 Å². The molecular weight excluding hydrogens is 172 g/mol. The van der Waals surface area contributed by atoms with Crippen molar-refractivity contribution in [2.45, 2.75) is 19.8 Å². The average Bonchev–Trinajstić information content (AvgIpc) is 2.13. The second-order valence-corrected chi connectivity index (χ2v) is 3.05. The number of carbonyl (C=O) groups is 2. The largest absolute Gasteiger partial charge is 0.512 e. The first kappa shape index (κ1) is 9.77. The molecule has 4 heteroatoms. The fraction of sp³-hybridized carbons (Fsp3) is 0.556. The van der Waals surface area contributed by atoms with Crippen LogP contribution in [0.25, 0.3) is 0 Å². The van der Waals surface area contributed by atoms with E-state index in [1.54, 1.807) is 0 Å². The van der Waals surface area contributed by atoms with E-state index in [1.165, 1.54) is 14.0 Å². The number of aliphatic hydroxyl groups is 1. The highest BCUT2D eigenvalue weighted by Crippen LogP contribution is 2.25. The van der Waals surface area contributed by atoms with Crippen molar-refractivity contribution in [1.82, 2.24) is 0 Å². The third kappa shape index (κ3) is 1.71. The van der Waals surface area contributed by atoms with Gasteiger partial charge in [0.1, 0.15) is 5.92 Å². The first-order valence-corrected chi connectivity index (χ1v) is 4.08. The highest BCUT2D eigenvalue weighted by Gasteiger charge is 2.33. The van der Waals surface area contributed by atoms with Crippen LogP contribution in [0, 0.1) is 5.92 Å². The van der Waals surface area contributed by atoms with E-state index < -0.39 is 11.9 Å². The van der Waals surface area contributed by atoms with E-state index in [1.807, 2.05) is 0 Å². The summed E-state index contributed by atoms with van der Waals surface area (Å²) in [5, 5.41) is 9.23. The van der Waals surface area contributed by atoms with Gasteiger partial charge in [-0.2, -0.15) is 0 Å². The molecule has 0 amide bonds. The van der Waals surface area contributed by atoms with Crippen molar-refractivity contribution in [2.75, 3.05) is 7.11 Å². The Hall–Kier alpha value is -1.32. The molecule has 0 aromatic heterocycles. The number of allylic oxidation sites excluding steroid dienone is 2. The lowest BCUT2D eigenvalue weighted by Crippen LogP contribution is -2.29. The molecule has 0 aromatic carbocycles. The van der Waals surface area contributed by atoms with Gasteiger partial charge >= 0.3 is 5.97 Å². The Morgan fingerprint density at radius 3 is 2.77 bits per heavy atom. The van der Waals surface area contributed by atoms with Crippen molar-refractivity contribution in [1.29, 1.82) is 0 Å². The van der Waals surface area contributed by atoms with Crippen molar-refractivity contribution in [2.24, 2.45) is 5.92 Å². The van der Waals surface area contributed by atoms with Crippen LogP contribution in [0.1, 0.15) is 19.8 Å². The Bertz CT molecular complexity index is 277. The van der Waals surface area contributed by atoms with Crippen LogP contribution in [0.15, 0.2) is 11.3 Å². The Morgan fingerprint density at radius 1 is 1.62 bits per heavy atom. The van der Waals surface area contributed by atoms with Gasteiger partial charge in [-0.05, 0) is 13.3 Å². The van der Waals surface area contributed by atoms with Gasteiger partial charge < -0.3 is 9.84 Å². The molecular formula is C9H12O4. The third-order valence-electron chi connectivity index (χ3n) is 2.27. The van der Waals surface area contributed by atoms with E-state index >= 15 is 0 Å². The maximum Gasteiger partial charge on any atom is 0.316 e. The number of hydrogen-bond donors (Lipinski definition) is 1. The topological polar surface area (TPSA) is 63.6 Å². The summed E-state index contributed by atoms with van der Waals surface area (Å²) in [5.41, 5.74) is 0.279. The molecule has 0 saturated carbocycles. The molecule has 0 spiro atoms. The Morgan fingerprint density at radius 2 is 2.23 bits per heavy atom. The molecule has 1 aliphatic rings. The van der Waals surface area contributed by atoms with E-state index in [0.717, 1.165) is 0 Å². The van der Waals surface area contributed by atoms with Crippen LogP contribution in [0.5, 0.6) is 0 Å². The summed E-state index contributed by atoms with van der Waals surface area (Å²) in [6.45, 7) is 1.52. The van der Waals surface area contributed by atoms with Crippen LogP contribution < -0.4 is 0 Å². The van der Waals surface area contributed by atoms with Gasteiger partial charge in [0.15, 0.2) is 5.78 Å². The summed E-state index contributed by atoms with van der Waals surface area (Å²) in [4.78, 5) is 22.5. The minimum absolute atomic E-state index is 0.0881. The number of esters is 1. The second kappa shape index (κ2) is 3.60. The van der Waals surface area contributed by atoms with Gasteiger partial charge in [-0.25, -0.2) is 0 Å². The smallest absolute Gasteiger partial charge is 0.316 e. The number of ether oxygens (including phenoxy) is 1. The first-order valence-electron chi connectivity index (χ1n) is 4.08. The molecule has 0 heterocycles. The molecule has 13 heavy (non-hydrogen) atoms. The van der Waals surface area contributed by atoms with Crippen molar-refractivity contribution in [3.8, 4) is 0 Å². The number of aliphatic hydroxyl groups excluding tert-OH is 1. The predicted molar refractivity (Wildman–Crippen MR) is 45.1 cm³/mol. The highest BCUT2D eigenvalue weighted by atomic mass is 16.5. The fourth-order valence-electron chi connectivity index (χ4n) is 1.37. The Balaban J connectivity index is 2.86. The monoisotopic (exact) mass is 184 g/mol. The molecule has 1 rings (SSSR count). The SMILES string of the molecule is COC(=O)C1CCC(O)=C(C)C1=O. The molecule has 1 aliphatic carbocycles. The lowest BCUT2D eigenvalue weighted by molar-refractivity contribution is -0.149. The van der Waals surface area contributed by atoms with Gasteiger partial charge in [-0.15, -0.1) is 0 Å². The van der Waals surface area contributed by atoms with Crippen LogP contribution >= 0.6 is 0 Å². The fourth-order valence-corrected chi connectivity index (χ4v) is 1.37. The number of rotatable bonds is 1. The predicted octanol–water partition coefficient (Wildman–Crippen LogP) is 0.970. The number of hydrogen-bond acceptors (Lipinski definition) is 4. The molecule has 1 atom stereocenters. The normalized spacial score (nSPS) is 23.2. The van der Waals surface area contributed by atoms with E-state index in [4.69, 9.17) is 0 Å². The zero-order valence-corrected chi connectivity index (χ0v) is 7.66. The lowest BCUT2D eigenvalue weighted by atomic mass is 9.87. The standard InChI is InChI=1S/C9H12O4/c1-5-7(10)4-3-6(8(5)11)9(12)13-2/h6,10H,3-4H2,1-2H3. The summed E-state index contributed by atoms with van der Waals surface area (Å²) in [6.07, 6.45) is 0.714. The maximum atomic E-state index is 11.4. The minimum Gasteiger partial charge on any atom is -0.512 e. The molecule has 4 nitrogen and oxygen atoms in total. The van der Waals surface area contributed by atoms with E-state index in [9.17, 15) is 14.7 Å². The Kier molecular flexibility index (Phi) is 2.70. The van der Waals surface area contributed by atoms with Gasteiger partial charge in [-0.3, -0.25) is 9.59 Å². The van der Waals surface area contributed by atoms with Gasteiger partial charge in [0, 0.05) is 12.0 Å². The molecule has 1 unspecified atom stereocenters. The summed E-state index contributed by atoms with van der Waals surface area (Å²) in [7, 11) is 1.25. The number of Topliss-reactive ketones (excluding diaryl/α,β-unsaturated/α-hetero) is 1. The Labute approximate surface area is 76.2 Å². The average molecular weight is 184 g/mol. The number of methoxy groups -OCH3 is 1. The molecule has 0 saturated heterocycles. The van der Waals surface area contributed by atoms with Crippen LogP contribution in [-0.2, 0) is 14.3 Å². The summed E-state index contributed by atoms with van der Waals surface area (Å²) < 4.78 is 4.48. The molecule has 72 valence electrons. The summed E-state index contributed by atoms with van der Waals surface area (Å²) in [6, 6.07) is 0. The van der Waals surface area contributed by atoms with Crippen LogP contribution in [0.3, 0.4) is 0 Å². The molecule has 0 fully saturated rings. The van der Waals surface area contributed by atoms with Crippen molar-refractivity contribution >= 4 is 11.8 Å². The van der Waals surface area contributed by atoms with E-state index in [0.29, 0.717) is 12.8 Å². The summed E-state index contributed by atoms with van der Waals surface area (Å²) in [5.74, 6) is -1.47. The lowest BCUT2D eigenvalue weighted by Gasteiger charge is -2.19. The zero-order chi connectivity index (χ0) is 10.0. The van der Waals surface area contributed by atoms with Gasteiger partial charge in [0.05, 0.1) is 12.9 Å². The van der Waals surface area contributed by atoms with Crippen LogP contribution in [0.4, 0.5) is 0 Å². The second-order valence-electron chi connectivity index (χ2n) is 3.05. The number of carbonyl (C=O) groups excluding carboxylic acids is 2. The van der Waals surface area contributed by atoms with Crippen LogP contribution in [-0.4, -0.2) is 24.0 Å². The van der Waals surface area contributed by atoms with Crippen molar-refractivity contribution in [3.63, 3.8) is 0 Å². The zero-order valence-electron chi connectivity index (χ0n) is 7.66. The minimum atomic E-state index is -0.721. The molecule has 0 radical (unpaired) electrons. The molecule has 0 bridgehead atoms. The highest BCUT2D eigenvalue weighted by molar-refractivity contribution is 6.08.